The second kappa shape index (κ2) is 2.93. The Kier molecular flexibility index (Phi) is 1.98. The van der Waals surface area contributed by atoms with Gasteiger partial charge >= 0.3 is 0 Å². The summed E-state index contributed by atoms with van der Waals surface area (Å²) in [4.78, 5) is 3.88. The van der Waals surface area contributed by atoms with Crippen LogP contribution in [0.4, 0.5) is 5.69 Å². The summed E-state index contributed by atoms with van der Waals surface area (Å²) in [6.07, 6.45) is 6.66. The number of nitrogens with two attached hydrogens (primary N) is 1. The first-order valence-electron chi connectivity index (χ1n) is 3.04. The number of aromatic nitrogens is 1. The predicted octanol–water partition coefficient (Wildman–Crippen LogP) is 0.654. The van der Waals surface area contributed by atoms with Gasteiger partial charge in [-0.3, -0.25) is 0 Å². The van der Waals surface area contributed by atoms with Crippen LogP contribution in [0.3, 0.4) is 0 Å². The van der Waals surface area contributed by atoms with Gasteiger partial charge in [0.2, 0.25) is 5.88 Å². The molecule has 0 aliphatic rings. The summed E-state index contributed by atoms with van der Waals surface area (Å²) in [6.45, 7) is 0. The average Bonchev–Trinajstić information content (AvgIpc) is 2.04. The van der Waals surface area contributed by atoms with E-state index in [0.717, 1.165) is 0 Å². The third-order valence-electron chi connectivity index (χ3n) is 1.24. The standard InChI is InChI=1S/C8H8N2O/c1-3-6-4-7(9)8(11-2)10-5-6/h1,4-5H,9H2,2H3. The molecule has 1 rings (SSSR count). The third-order valence-corrected chi connectivity index (χ3v) is 1.24. The van der Waals surface area contributed by atoms with Gasteiger partial charge in [-0.2, -0.15) is 0 Å². The largest absolute Gasteiger partial charge is 0.480 e. The summed E-state index contributed by atoms with van der Waals surface area (Å²) in [5.41, 5.74) is 6.64. The Labute approximate surface area is 65.2 Å². The lowest BCUT2D eigenvalue weighted by Gasteiger charge is -2.01. The van der Waals surface area contributed by atoms with E-state index in [4.69, 9.17) is 16.9 Å². The lowest BCUT2D eigenvalue weighted by atomic mass is 10.3. The Bertz CT molecular complexity index is 301. The van der Waals surface area contributed by atoms with Crippen molar-refractivity contribution in [3.05, 3.63) is 17.8 Å². The Morgan fingerprint density at radius 1 is 1.73 bits per heavy atom. The molecule has 0 spiro atoms. The topological polar surface area (TPSA) is 48.1 Å². The van der Waals surface area contributed by atoms with E-state index in [1.807, 2.05) is 0 Å². The SMILES string of the molecule is C#Cc1cnc(OC)c(N)c1. The minimum absolute atomic E-state index is 0.406. The molecule has 3 nitrogen and oxygen atoms in total. The molecular weight excluding hydrogens is 140 g/mol. The lowest BCUT2D eigenvalue weighted by Crippen LogP contribution is -1.95. The van der Waals surface area contributed by atoms with Crippen molar-refractivity contribution in [1.82, 2.24) is 4.98 Å². The fraction of sp³-hybridized carbons (Fsp3) is 0.125. The zero-order valence-electron chi connectivity index (χ0n) is 6.16. The van der Waals surface area contributed by atoms with E-state index in [2.05, 4.69) is 10.9 Å². The van der Waals surface area contributed by atoms with Gasteiger partial charge in [-0.15, -0.1) is 6.42 Å². The number of anilines is 1. The van der Waals surface area contributed by atoms with Crippen molar-refractivity contribution < 1.29 is 4.74 Å². The Hall–Kier alpha value is -1.69. The average molecular weight is 148 g/mol. The van der Waals surface area contributed by atoms with Gasteiger partial charge in [0.25, 0.3) is 0 Å². The first-order chi connectivity index (χ1) is 5.27. The summed E-state index contributed by atoms with van der Waals surface area (Å²) >= 11 is 0. The van der Waals surface area contributed by atoms with Crippen LogP contribution >= 0.6 is 0 Å². The van der Waals surface area contributed by atoms with Gasteiger partial charge in [0, 0.05) is 11.8 Å². The van der Waals surface area contributed by atoms with Crippen LogP contribution in [-0.4, -0.2) is 12.1 Å². The van der Waals surface area contributed by atoms with Crippen LogP contribution in [0.2, 0.25) is 0 Å². The molecule has 0 bridgehead atoms. The van der Waals surface area contributed by atoms with Crippen molar-refractivity contribution in [3.8, 4) is 18.2 Å². The smallest absolute Gasteiger partial charge is 0.236 e. The third kappa shape index (κ3) is 1.41. The van der Waals surface area contributed by atoms with Crippen LogP contribution in [-0.2, 0) is 0 Å². The molecule has 0 unspecified atom stereocenters. The van der Waals surface area contributed by atoms with Gasteiger partial charge in [-0.25, -0.2) is 4.98 Å². The van der Waals surface area contributed by atoms with Crippen LogP contribution in [0, 0.1) is 12.3 Å². The summed E-state index contributed by atoms with van der Waals surface area (Å²) in [5, 5.41) is 0. The van der Waals surface area contributed by atoms with Gasteiger partial charge in [0.05, 0.1) is 12.8 Å². The van der Waals surface area contributed by atoms with Gasteiger partial charge in [0.1, 0.15) is 0 Å². The zero-order valence-corrected chi connectivity index (χ0v) is 6.16. The highest BCUT2D eigenvalue weighted by Crippen LogP contribution is 2.17. The molecule has 1 aromatic heterocycles. The zero-order chi connectivity index (χ0) is 8.27. The maximum absolute atomic E-state index is 5.52. The number of methoxy groups -OCH3 is 1. The number of nitrogen functional groups attached to an aromatic ring is 1. The van der Waals surface area contributed by atoms with Crippen LogP contribution in [0.25, 0.3) is 0 Å². The molecule has 1 heterocycles. The van der Waals surface area contributed by atoms with Crippen molar-refractivity contribution in [2.75, 3.05) is 12.8 Å². The van der Waals surface area contributed by atoms with E-state index in [1.165, 1.54) is 13.3 Å². The minimum Gasteiger partial charge on any atom is -0.480 e. The molecular formula is C8H8N2O. The van der Waals surface area contributed by atoms with Crippen LogP contribution in [0.15, 0.2) is 12.3 Å². The molecule has 0 aliphatic heterocycles. The molecule has 0 aliphatic carbocycles. The van der Waals surface area contributed by atoms with Crippen molar-refractivity contribution in [2.24, 2.45) is 0 Å². The molecule has 0 saturated carbocycles. The molecule has 0 aromatic carbocycles. The normalized spacial score (nSPS) is 8.73. The van der Waals surface area contributed by atoms with Crippen LogP contribution in [0.1, 0.15) is 5.56 Å². The fourth-order valence-corrected chi connectivity index (χ4v) is 0.719. The highest BCUT2D eigenvalue weighted by molar-refractivity contribution is 5.52. The van der Waals surface area contributed by atoms with Gasteiger partial charge in [-0.1, -0.05) is 5.92 Å². The molecule has 0 atom stereocenters. The highest BCUT2D eigenvalue weighted by Gasteiger charge is 1.99. The molecule has 0 radical (unpaired) electrons. The number of hydrogen-bond donors (Lipinski definition) is 1. The Morgan fingerprint density at radius 2 is 2.45 bits per heavy atom. The van der Waals surface area contributed by atoms with Crippen LogP contribution in [0.5, 0.6) is 5.88 Å². The van der Waals surface area contributed by atoms with E-state index < -0.39 is 0 Å². The van der Waals surface area contributed by atoms with E-state index in [0.29, 0.717) is 17.1 Å². The van der Waals surface area contributed by atoms with E-state index in [-0.39, 0.29) is 0 Å². The number of pyridine rings is 1. The lowest BCUT2D eigenvalue weighted by molar-refractivity contribution is 0.400. The van der Waals surface area contributed by atoms with Gasteiger partial charge < -0.3 is 10.5 Å². The first kappa shape index (κ1) is 7.42. The molecule has 0 saturated heterocycles. The van der Waals surface area contributed by atoms with Crippen molar-refractivity contribution in [3.63, 3.8) is 0 Å². The summed E-state index contributed by atoms with van der Waals surface area (Å²) in [7, 11) is 1.51. The Morgan fingerprint density at radius 3 is 2.91 bits per heavy atom. The van der Waals surface area contributed by atoms with E-state index in [1.54, 1.807) is 6.07 Å². The highest BCUT2D eigenvalue weighted by atomic mass is 16.5. The molecule has 11 heavy (non-hydrogen) atoms. The maximum atomic E-state index is 5.52. The predicted molar refractivity (Wildman–Crippen MR) is 43.1 cm³/mol. The van der Waals surface area contributed by atoms with Crippen molar-refractivity contribution in [2.45, 2.75) is 0 Å². The van der Waals surface area contributed by atoms with Gasteiger partial charge in [-0.05, 0) is 6.07 Å². The summed E-state index contributed by atoms with van der Waals surface area (Å²) in [6, 6.07) is 1.64. The van der Waals surface area contributed by atoms with Crippen LogP contribution < -0.4 is 10.5 Å². The van der Waals surface area contributed by atoms with Gasteiger partial charge in [0.15, 0.2) is 0 Å². The molecule has 2 N–H and O–H groups in total. The summed E-state index contributed by atoms with van der Waals surface area (Å²) < 4.78 is 4.84. The quantitative estimate of drug-likeness (QED) is 0.595. The number of hydrogen-bond acceptors (Lipinski definition) is 3. The molecule has 3 heteroatoms. The second-order valence-electron chi connectivity index (χ2n) is 1.97. The monoisotopic (exact) mass is 148 g/mol. The second-order valence-corrected chi connectivity index (χ2v) is 1.97. The Balaban J connectivity index is 3.12. The van der Waals surface area contributed by atoms with Crippen molar-refractivity contribution in [1.29, 1.82) is 0 Å². The number of terminal acetylenes is 1. The van der Waals surface area contributed by atoms with Crippen molar-refractivity contribution >= 4 is 5.69 Å². The minimum atomic E-state index is 0.406. The first-order valence-corrected chi connectivity index (χ1v) is 3.04. The molecule has 0 amide bonds. The number of rotatable bonds is 1. The molecule has 1 aromatic rings. The molecule has 56 valence electrons. The number of nitrogens with zero attached hydrogens (tertiary/aromatic N) is 1. The fourth-order valence-electron chi connectivity index (χ4n) is 0.719. The molecule has 0 fully saturated rings. The van der Waals surface area contributed by atoms with E-state index >= 15 is 0 Å². The maximum Gasteiger partial charge on any atom is 0.236 e. The van der Waals surface area contributed by atoms with E-state index in [9.17, 15) is 0 Å². The number of ether oxygens (including phenoxy) is 1. The summed E-state index contributed by atoms with van der Waals surface area (Å²) in [5.74, 6) is 2.83.